The van der Waals surface area contributed by atoms with Crippen LogP contribution in [0.1, 0.15) is 194 Å². The smallest absolute Gasteiger partial charge is 0.409 e. The summed E-state index contributed by atoms with van der Waals surface area (Å²) < 4.78 is 17.0. The first-order chi connectivity index (χ1) is 43.9. The Balaban J connectivity index is 2.85. The van der Waals surface area contributed by atoms with Crippen molar-refractivity contribution in [3.63, 3.8) is 0 Å². The summed E-state index contributed by atoms with van der Waals surface area (Å²) in [5, 5.41) is 17.5. The maximum Gasteiger partial charge on any atom is 0.409 e. The Bertz CT molecular complexity index is 2550. The highest BCUT2D eigenvalue weighted by atomic mass is 16.6. The van der Waals surface area contributed by atoms with E-state index in [1.165, 1.54) is 54.7 Å². The second-order valence-corrected chi connectivity index (χ2v) is 28.6. The molecule has 23 nitrogen and oxygen atoms in total. The van der Waals surface area contributed by atoms with Crippen LogP contribution in [0.2, 0.25) is 0 Å². The van der Waals surface area contributed by atoms with Crippen molar-refractivity contribution in [1.82, 2.24) is 35.1 Å². The number of unbranched alkanes of at least 4 members (excludes halogenated alkanes) is 1. The molecule has 2 fully saturated rings. The molecule has 7 amide bonds. The number of nitrogens with zero attached hydrogens (tertiary/aromatic N) is 5. The highest BCUT2D eigenvalue weighted by molar-refractivity contribution is 5.99. The molecule has 2 saturated heterocycles. The fourth-order valence-electron chi connectivity index (χ4n) is 12.7. The molecular weight excluding hydrogens is 1210 g/mol. The van der Waals surface area contributed by atoms with Crippen LogP contribution in [0.15, 0.2) is 12.2 Å². The summed E-state index contributed by atoms with van der Waals surface area (Å²) >= 11 is 0. The number of hydrogen-bond donors (Lipinski definition) is 3. The van der Waals surface area contributed by atoms with Crippen molar-refractivity contribution in [2.75, 3.05) is 67.7 Å². The number of rotatable bonds is 20. The number of likely N-dealkylation sites (N-methyl/N-ethyl adjacent to an activating group) is 4. The lowest BCUT2D eigenvalue weighted by Gasteiger charge is -2.36. The SMILES string of the molecule is C/C=C/C[C@@H](C)[C@@H](O)[C@@H]1CC(=O)[C@H](C(C)C)N(C)C(=O)[C@H](CC(C)C)CC(=O)[C@H](CC(C)C)N(C)C(=O)[C@@H](C)NC(=O)[C@H](C)CC(=O)[C@H](CC(C)C)N(C)C(=O)[C@H](C(C)C)CC(=O)[C@H]([C@@H](C)OCCCCOC(=O)N2CCOCC2)N(C)C(=O)CCC(=O)[C@H](CC)NC1=O. The van der Waals surface area contributed by atoms with E-state index < -0.39 is 173 Å². The number of aliphatic hydroxyl groups is 1. The van der Waals surface area contributed by atoms with E-state index in [1.807, 2.05) is 54.5 Å². The number of nitrogens with one attached hydrogen (secondary N) is 2. The summed E-state index contributed by atoms with van der Waals surface area (Å²) in [6.07, 6.45) is 0.404. The quantitative estimate of drug-likeness (QED) is 0.0788. The average molecular weight is 1330 g/mol. The molecule has 0 spiro atoms. The molecule has 0 radical (unpaired) electrons. The topological polar surface area (TPSA) is 293 Å². The largest absolute Gasteiger partial charge is 0.449 e. The molecule has 13 atom stereocenters. The molecule has 94 heavy (non-hydrogen) atoms. The van der Waals surface area contributed by atoms with Crippen molar-refractivity contribution in [3.8, 4) is 0 Å². The van der Waals surface area contributed by atoms with E-state index in [4.69, 9.17) is 14.2 Å². The van der Waals surface area contributed by atoms with Crippen molar-refractivity contribution in [1.29, 1.82) is 0 Å². The van der Waals surface area contributed by atoms with Crippen LogP contribution in [0.5, 0.6) is 0 Å². The Labute approximate surface area is 562 Å². The van der Waals surface area contributed by atoms with Crippen molar-refractivity contribution in [3.05, 3.63) is 12.2 Å². The summed E-state index contributed by atoms with van der Waals surface area (Å²) in [7, 11) is 5.86. The second-order valence-electron chi connectivity index (χ2n) is 28.6. The predicted octanol–water partition coefficient (Wildman–Crippen LogP) is 7.45. The van der Waals surface area contributed by atoms with E-state index in [-0.39, 0.29) is 82.3 Å². The first-order valence-electron chi connectivity index (χ1n) is 34.6. The summed E-state index contributed by atoms with van der Waals surface area (Å²) in [5.74, 6) is -12.2. The zero-order chi connectivity index (χ0) is 71.6. The number of ketones is 5. The third-order valence-electron chi connectivity index (χ3n) is 18.5. The Morgan fingerprint density at radius 3 is 1.66 bits per heavy atom. The van der Waals surface area contributed by atoms with Crippen LogP contribution in [-0.2, 0) is 67.0 Å². The Morgan fingerprint density at radius 2 is 1.13 bits per heavy atom. The van der Waals surface area contributed by atoms with Gasteiger partial charge in [-0.15, -0.1) is 0 Å². The lowest BCUT2D eigenvalue weighted by molar-refractivity contribution is -0.148. The minimum absolute atomic E-state index is 0.0669. The summed E-state index contributed by atoms with van der Waals surface area (Å²) in [6, 6.07) is -6.82. The van der Waals surface area contributed by atoms with Gasteiger partial charge in [-0.2, -0.15) is 0 Å². The molecule has 3 N–H and O–H groups in total. The fourth-order valence-corrected chi connectivity index (χ4v) is 12.7. The molecule has 0 aliphatic carbocycles. The maximum atomic E-state index is 15.0. The van der Waals surface area contributed by atoms with Crippen LogP contribution in [0.25, 0.3) is 0 Å². The third kappa shape index (κ3) is 26.2. The Morgan fingerprint density at radius 1 is 0.596 bits per heavy atom. The van der Waals surface area contributed by atoms with E-state index in [0.717, 1.165) is 0 Å². The fraction of sp³-hybridized carbons (Fsp3) is 0.803. The first-order valence-corrected chi connectivity index (χ1v) is 34.6. The summed E-state index contributed by atoms with van der Waals surface area (Å²) in [6.45, 7) is 30.2. The molecule has 536 valence electrons. The molecule has 0 unspecified atom stereocenters. The van der Waals surface area contributed by atoms with Crippen molar-refractivity contribution >= 4 is 70.5 Å². The van der Waals surface area contributed by atoms with Crippen LogP contribution >= 0.6 is 0 Å². The Hall–Kier alpha value is -5.94. The van der Waals surface area contributed by atoms with Crippen LogP contribution < -0.4 is 10.6 Å². The molecule has 23 heteroatoms. The molecule has 0 aromatic heterocycles. The number of aliphatic hydroxyl groups excluding tert-OH is 1. The van der Waals surface area contributed by atoms with Crippen LogP contribution in [0, 0.1) is 59.2 Å². The molecular formula is C71H121N7O16. The predicted molar refractivity (Wildman–Crippen MR) is 359 cm³/mol. The van der Waals surface area contributed by atoms with Gasteiger partial charge in [0.1, 0.15) is 12.1 Å². The third-order valence-corrected chi connectivity index (χ3v) is 18.5. The lowest BCUT2D eigenvalue weighted by atomic mass is 9.82. The van der Waals surface area contributed by atoms with Crippen LogP contribution in [-0.4, -0.2) is 216 Å². The van der Waals surface area contributed by atoms with Gasteiger partial charge in [-0.25, -0.2) is 4.79 Å². The second kappa shape index (κ2) is 41.2. The highest BCUT2D eigenvalue weighted by Crippen LogP contribution is 2.30. The monoisotopic (exact) mass is 1330 g/mol. The van der Waals surface area contributed by atoms with Gasteiger partial charge < -0.3 is 54.5 Å². The summed E-state index contributed by atoms with van der Waals surface area (Å²) in [5.41, 5.74) is 0. The molecule has 2 aliphatic heterocycles. The number of morpholine rings is 1. The van der Waals surface area contributed by atoms with E-state index in [2.05, 4.69) is 10.6 Å². The average Bonchev–Trinajstić information content (AvgIpc) is 0.839. The number of allylic oxidation sites excluding steroid dienone is 2. The van der Waals surface area contributed by atoms with Crippen LogP contribution in [0.3, 0.4) is 0 Å². The van der Waals surface area contributed by atoms with Gasteiger partial charge in [0.15, 0.2) is 28.9 Å². The van der Waals surface area contributed by atoms with Gasteiger partial charge in [0.2, 0.25) is 35.4 Å². The molecule has 2 aliphatic rings. The van der Waals surface area contributed by atoms with Crippen LogP contribution in [0.4, 0.5) is 4.79 Å². The first kappa shape index (κ1) is 84.1. The van der Waals surface area contributed by atoms with Gasteiger partial charge in [0.25, 0.3) is 0 Å². The standard InChI is InChI=1S/C71H121N7O16/c1-21-23-26-47(13)65(85)53-41-60(82)63(46(11)12)77(20)69(89)51(35-42(3)4)39-59(81)56(37-44(7)8)74(17)68(88)49(15)72-66(86)48(14)38-58(80)55(36-43(5)6)75(18)70(90)52(45(9)10)40-61(83)64(76(19)62(84)28-27-57(79)54(22-2)73-67(53)87)50(16)93-31-24-25-32-94-71(91)78-29-33-92-34-30-78/h21,23,42-56,63-65,85H,22,24-41H2,1-20H3,(H,72,86)(H,73,87)/b23-21+/t47-,48-,49-,50-,51-,52+,53+,54+,55+,56+,63+,64+,65-/m1/s1. The van der Waals surface area contributed by atoms with Crippen molar-refractivity contribution in [2.24, 2.45) is 59.2 Å². The number of amides is 7. The van der Waals surface area contributed by atoms with E-state index in [1.54, 1.807) is 66.4 Å². The van der Waals surface area contributed by atoms with E-state index in [0.29, 0.717) is 45.6 Å². The van der Waals surface area contributed by atoms with E-state index >= 15 is 0 Å². The lowest BCUT2D eigenvalue weighted by Crippen LogP contribution is -2.53. The van der Waals surface area contributed by atoms with Gasteiger partial charge in [0.05, 0.1) is 62.1 Å². The number of ether oxygens (including phenoxy) is 3. The Kier molecular flexibility index (Phi) is 36.9. The number of hydrogen-bond acceptors (Lipinski definition) is 16. The van der Waals surface area contributed by atoms with Gasteiger partial charge in [-0.05, 0) is 101 Å². The van der Waals surface area contributed by atoms with Gasteiger partial charge in [-0.1, -0.05) is 102 Å². The van der Waals surface area contributed by atoms with Crippen molar-refractivity contribution in [2.45, 2.75) is 243 Å². The number of Topliss-reactive ketones (excluding diaryl/α,β-unsaturated/α-hetero) is 5. The molecule has 0 bridgehead atoms. The molecule has 0 saturated carbocycles. The minimum Gasteiger partial charge on any atom is -0.449 e. The zero-order valence-electron chi connectivity index (χ0n) is 60.8. The maximum absolute atomic E-state index is 15.0. The summed E-state index contributed by atoms with van der Waals surface area (Å²) in [4.78, 5) is 180. The minimum atomic E-state index is -1.40. The number of carbonyl (C=O) groups is 12. The van der Waals surface area contributed by atoms with E-state index in [9.17, 15) is 62.6 Å². The molecule has 0 aromatic rings. The van der Waals surface area contributed by atoms with Gasteiger partial charge >= 0.3 is 6.09 Å². The zero-order valence-corrected chi connectivity index (χ0v) is 60.8. The number of carbonyl (C=O) groups excluding carboxylic acids is 12. The molecule has 0 aromatic carbocycles. The van der Waals surface area contributed by atoms with Crippen molar-refractivity contribution < 1.29 is 76.9 Å². The van der Waals surface area contributed by atoms with Gasteiger partial charge in [-0.3, -0.25) is 52.7 Å². The van der Waals surface area contributed by atoms with Gasteiger partial charge in [0, 0.05) is 104 Å². The molecule has 2 rings (SSSR count). The molecule has 2 heterocycles. The highest BCUT2D eigenvalue weighted by Gasteiger charge is 2.43. The normalized spacial score (nSPS) is 26.7.